The molecule has 3 N–H and O–H groups in total. The van der Waals surface area contributed by atoms with Crippen molar-refractivity contribution < 1.29 is 9.53 Å². The van der Waals surface area contributed by atoms with E-state index in [0.717, 1.165) is 51.0 Å². The van der Waals surface area contributed by atoms with Gasteiger partial charge in [-0.3, -0.25) is 9.69 Å². The summed E-state index contributed by atoms with van der Waals surface area (Å²) in [6.45, 7) is 14.3. The number of hydrogen-bond acceptors (Lipinski definition) is 6. The second-order valence-electron chi connectivity index (χ2n) is 7.86. The summed E-state index contributed by atoms with van der Waals surface area (Å²) in [5, 5.41) is 17.8. The smallest absolute Gasteiger partial charge is 0.227 e. The van der Waals surface area contributed by atoms with Gasteiger partial charge in [-0.1, -0.05) is 0 Å². The molecule has 10 heteroatoms. The standard InChI is InChI=1S/C19H36N8O2/c1-6-20-17(28)19(3,4)14-23-18(21-7-8-27-9-11-29-12-10-27)22-13-16-25-24-15(2)26(16)5/h6-14H2,1-5H3,(H,20,28)(H2,21,22,23). The van der Waals surface area contributed by atoms with Gasteiger partial charge >= 0.3 is 0 Å². The first-order chi connectivity index (χ1) is 13.8. The summed E-state index contributed by atoms with van der Waals surface area (Å²) in [6.07, 6.45) is 0. The van der Waals surface area contributed by atoms with Crippen LogP contribution in [0.5, 0.6) is 0 Å². The lowest BCUT2D eigenvalue weighted by Crippen LogP contribution is -2.49. The largest absolute Gasteiger partial charge is 0.379 e. The molecule has 0 aromatic carbocycles. The Kier molecular flexibility index (Phi) is 8.84. The van der Waals surface area contributed by atoms with E-state index in [1.165, 1.54) is 0 Å². The predicted molar refractivity (Wildman–Crippen MR) is 113 cm³/mol. The molecule has 1 aromatic heterocycles. The van der Waals surface area contributed by atoms with Crippen molar-refractivity contribution in [1.29, 1.82) is 0 Å². The van der Waals surface area contributed by atoms with Gasteiger partial charge in [-0.15, -0.1) is 10.2 Å². The zero-order valence-electron chi connectivity index (χ0n) is 18.4. The molecule has 0 radical (unpaired) electrons. The Balaban J connectivity index is 1.96. The summed E-state index contributed by atoms with van der Waals surface area (Å²) in [4.78, 5) is 19.3. The lowest BCUT2D eigenvalue weighted by Gasteiger charge is -2.27. The molecule has 1 aliphatic rings. The average molecular weight is 409 g/mol. The summed E-state index contributed by atoms with van der Waals surface area (Å²) in [6, 6.07) is 0. The molecule has 2 rings (SSSR count). The maximum absolute atomic E-state index is 12.3. The van der Waals surface area contributed by atoms with E-state index >= 15 is 0 Å². The van der Waals surface area contributed by atoms with Crippen LogP contribution in [-0.4, -0.2) is 84.0 Å². The summed E-state index contributed by atoms with van der Waals surface area (Å²) < 4.78 is 7.32. The number of nitrogens with zero attached hydrogens (tertiary/aromatic N) is 5. The predicted octanol–water partition coefficient (Wildman–Crippen LogP) is -0.347. The van der Waals surface area contributed by atoms with E-state index in [2.05, 4.69) is 36.0 Å². The highest BCUT2D eigenvalue weighted by molar-refractivity contribution is 5.84. The lowest BCUT2D eigenvalue weighted by atomic mass is 9.92. The molecular formula is C19H36N8O2. The first-order valence-electron chi connectivity index (χ1n) is 10.3. The SMILES string of the molecule is CCNC(=O)C(C)(C)CNC(=NCc1nnc(C)n1C)NCCN1CCOCC1. The summed E-state index contributed by atoms with van der Waals surface area (Å²) >= 11 is 0. The van der Waals surface area contributed by atoms with Gasteiger partial charge in [-0.25, -0.2) is 4.99 Å². The van der Waals surface area contributed by atoms with Crippen LogP contribution in [-0.2, 0) is 23.1 Å². The number of nitrogens with one attached hydrogen (secondary N) is 3. The monoisotopic (exact) mass is 408 g/mol. The molecule has 2 heterocycles. The zero-order valence-corrected chi connectivity index (χ0v) is 18.4. The van der Waals surface area contributed by atoms with Gasteiger partial charge in [0, 0.05) is 46.3 Å². The summed E-state index contributed by atoms with van der Waals surface area (Å²) in [5.41, 5.74) is -0.552. The maximum Gasteiger partial charge on any atom is 0.227 e. The van der Waals surface area contributed by atoms with Crippen LogP contribution in [0.25, 0.3) is 0 Å². The number of guanidine groups is 1. The highest BCUT2D eigenvalue weighted by Gasteiger charge is 2.27. The van der Waals surface area contributed by atoms with Gasteiger partial charge in [0.1, 0.15) is 12.4 Å². The van der Waals surface area contributed by atoms with Crippen LogP contribution in [0, 0.1) is 12.3 Å². The van der Waals surface area contributed by atoms with Crippen LogP contribution in [0.3, 0.4) is 0 Å². The van der Waals surface area contributed by atoms with Crippen molar-refractivity contribution in [2.75, 3.05) is 52.5 Å². The molecule has 1 fully saturated rings. The third-order valence-corrected chi connectivity index (χ3v) is 5.04. The second-order valence-corrected chi connectivity index (χ2v) is 7.86. The number of ether oxygens (including phenoxy) is 1. The maximum atomic E-state index is 12.3. The molecule has 0 aliphatic carbocycles. The number of aryl methyl sites for hydroxylation is 1. The minimum Gasteiger partial charge on any atom is -0.379 e. The van der Waals surface area contributed by atoms with Gasteiger partial charge < -0.3 is 25.3 Å². The number of amides is 1. The van der Waals surface area contributed by atoms with Gasteiger partial charge in [0.2, 0.25) is 5.91 Å². The van der Waals surface area contributed by atoms with Crippen LogP contribution in [0.15, 0.2) is 4.99 Å². The molecule has 1 saturated heterocycles. The Morgan fingerprint density at radius 1 is 1.21 bits per heavy atom. The number of aromatic nitrogens is 3. The van der Waals surface area contributed by atoms with Gasteiger partial charge in [0.05, 0.1) is 18.6 Å². The number of morpholine rings is 1. The van der Waals surface area contributed by atoms with Crippen LogP contribution in [0.2, 0.25) is 0 Å². The quantitative estimate of drug-likeness (QED) is 0.379. The van der Waals surface area contributed by atoms with E-state index in [4.69, 9.17) is 4.74 Å². The zero-order chi connectivity index (χ0) is 21.3. The molecule has 1 aromatic rings. The number of carbonyl (C=O) groups is 1. The molecule has 1 amide bonds. The number of aliphatic imine (C=N–C) groups is 1. The van der Waals surface area contributed by atoms with Crippen molar-refractivity contribution in [1.82, 2.24) is 35.6 Å². The van der Waals surface area contributed by atoms with E-state index in [9.17, 15) is 4.79 Å². The Morgan fingerprint density at radius 3 is 2.55 bits per heavy atom. The van der Waals surface area contributed by atoms with E-state index in [0.29, 0.717) is 25.6 Å². The first-order valence-corrected chi connectivity index (χ1v) is 10.3. The van der Waals surface area contributed by atoms with Gasteiger partial charge in [0.15, 0.2) is 11.8 Å². The van der Waals surface area contributed by atoms with E-state index in [-0.39, 0.29) is 5.91 Å². The minimum absolute atomic E-state index is 0.0177. The fourth-order valence-corrected chi connectivity index (χ4v) is 2.85. The topological polar surface area (TPSA) is 109 Å². The Labute approximate surface area is 173 Å². The summed E-state index contributed by atoms with van der Waals surface area (Å²) in [7, 11) is 1.93. The van der Waals surface area contributed by atoms with E-state index in [1.807, 2.05) is 39.3 Å². The summed E-state index contributed by atoms with van der Waals surface area (Å²) in [5.74, 6) is 2.32. The van der Waals surface area contributed by atoms with Crippen LogP contribution in [0.1, 0.15) is 32.4 Å². The third-order valence-electron chi connectivity index (χ3n) is 5.04. The fourth-order valence-electron chi connectivity index (χ4n) is 2.85. The highest BCUT2D eigenvalue weighted by Crippen LogP contribution is 2.13. The van der Waals surface area contributed by atoms with Crippen molar-refractivity contribution >= 4 is 11.9 Å². The second kappa shape index (κ2) is 11.1. The molecule has 1 aliphatic heterocycles. The molecule has 0 bridgehead atoms. The number of hydrogen-bond donors (Lipinski definition) is 3. The number of carbonyl (C=O) groups excluding carboxylic acids is 1. The Bertz CT molecular complexity index is 680. The lowest BCUT2D eigenvalue weighted by molar-refractivity contribution is -0.128. The normalized spacial score (nSPS) is 16.0. The molecule has 0 unspecified atom stereocenters. The molecular weight excluding hydrogens is 372 g/mol. The molecule has 0 spiro atoms. The minimum atomic E-state index is -0.552. The van der Waals surface area contributed by atoms with E-state index in [1.54, 1.807) is 0 Å². The van der Waals surface area contributed by atoms with Crippen molar-refractivity contribution in [2.24, 2.45) is 17.5 Å². The molecule has 164 valence electrons. The number of rotatable bonds is 9. The molecule has 0 atom stereocenters. The van der Waals surface area contributed by atoms with Crippen molar-refractivity contribution in [2.45, 2.75) is 34.2 Å². The van der Waals surface area contributed by atoms with Gasteiger partial charge in [0.25, 0.3) is 0 Å². The molecule has 0 saturated carbocycles. The van der Waals surface area contributed by atoms with Gasteiger partial charge in [-0.05, 0) is 27.7 Å². The molecule has 10 nitrogen and oxygen atoms in total. The first kappa shape index (κ1) is 23.1. The van der Waals surface area contributed by atoms with Crippen molar-refractivity contribution in [3.05, 3.63) is 11.6 Å². The average Bonchev–Trinajstić information content (AvgIpc) is 3.02. The fraction of sp³-hybridized carbons (Fsp3) is 0.789. The van der Waals surface area contributed by atoms with Crippen LogP contribution in [0.4, 0.5) is 0 Å². The van der Waals surface area contributed by atoms with Crippen molar-refractivity contribution in [3.63, 3.8) is 0 Å². The van der Waals surface area contributed by atoms with Crippen LogP contribution >= 0.6 is 0 Å². The Hall–Kier alpha value is -2.20. The third kappa shape index (κ3) is 7.28. The van der Waals surface area contributed by atoms with E-state index < -0.39 is 5.41 Å². The molecule has 29 heavy (non-hydrogen) atoms. The highest BCUT2D eigenvalue weighted by atomic mass is 16.5. The van der Waals surface area contributed by atoms with Crippen LogP contribution < -0.4 is 16.0 Å². The van der Waals surface area contributed by atoms with Gasteiger partial charge in [-0.2, -0.15) is 0 Å². The Morgan fingerprint density at radius 2 is 1.93 bits per heavy atom. The van der Waals surface area contributed by atoms with Crippen molar-refractivity contribution in [3.8, 4) is 0 Å².